The van der Waals surface area contributed by atoms with E-state index in [2.05, 4.69) is 81.4 Å². The molecule has 26 heavy (non-hydrogen) atoms. The van der Waals surface area contributed by atoms with Crippen molar-refractivity contribution in [1.82, 2.24) is 10.2 Å². The topological polar surface area (TPSA) is 15.3 Å². The van der Waals surface area contributed by atoms with E-state index < -0.39 is 0 Å². The quantitative estimate of drug-likeness (QED) is 0.413. The van der Waals surface area contributed by atoms with E-state index in [-0.39, 0.29) is 0 Å². The van der Waals surface area contributed by atoms with Crippen molar-refractivity contribution < 1.29 is 0 Å². The fraction of sp³-hybridized carbons (Fsp3) is 1.00. The molecule has 0 spiro atoms. The van der Waals surface area contributed by atoms with Crippen molar-refractivity contribution in [2.45, 2.75) is 95.2 Å². The van der Waals surface area contributed by atoms with Crippen LogP contribution in [0.5, 0.6) is 0 Å². The van der Waals surface area contributed by atoms with Crippen molar-refractivity contribution in [3.8, 4) is 0 Å². The third-order valence-corrected chi connectivity index (χ3v) is 11.8. The largest absolute Gasteiger partial charge is 0.315 e. The van der Waals surface area contributed by atoms with Gasteiger partial charge in [-0.05, 0) is 74.8 Å². The van der Waals surface area contributed by atoms with Crippen molar-refractivity contribution in [3.05, 3.63) is 0 Å². The van der Waals surface area contributed by atoms with Gasteiger partial charge in [-0.25, -0.2) is 0 Å². The maximum Gasteiger partial charge on any atom is 0.0332 e. The number of alkyl halides is 1. The Hall–Kier alpha value is 0.650. The molecule has 1 N–H and O–H groups in total. The molecule has 3 fully saturated rings. The predicted molar refractivity (Wildman–Crippen MR) is 122 cm³/mol. The van der Waals surface area contributed by atoms with Gasteiger partial charge in [0.15, 0.2) is 0 Å². The first-order valence-electron chi connectivity index (χ1n) is 11.4. The van der Waals surface area contributed by atoms with E-state index in [4.69, 9.17) is 0 Å². The summed E-state index contributed by atoms with van der Waals surface area (Å²) in [5.41, 5.74) is 0. The molecule has 1 saturated carbocycles. The Bertz CT molecular complexity index is 483. The Labute approximate surface area is 176 Å². The van der Waals surface area contributed by atoms with E-state index in [1.54, 1.807) is 0 Å². The van der Waals surface area contributed by atoms with Crippen molar-refractivity contribution >= 4 is 22.6 Å². The van der Waals surface area contributed by atoms with E-state index in [1.165, 1.54) is 38.6 Å². The number of fused-ring (bicyclic) bond motifs is 3. The maximum absolute atomic E-state index is 3.82. The van der Waals surface area contributed by atoms with Crippen LogP contribution in [0.25, 0.3) is 0 Å². The molecular formula is C23H43IN2. The second kappa shape index (κ2) is 8.18. The van der Waals surface area contributed by atoms with Crippen LogP contribution < -0.4 is 5.32 Å². The fourth-order valence-corrected chi connectivity index (χ4v) is 8.54. The van der Waals surface area contributed by atoms with Crippen molar-refractivity contribution in [1.29, 1.82) is 0 Å². The smallest absolute Gasteiger partial charge is 0.0332 e. The molecule has 2 aliphatic heterocycles. The minimum atomic E-state index is 0.477. The van der Waals surface area contributed by atoms with Gasteiger partial charge in [-0.15, -0.1) is 0 Å². The van der Waals surface area contributed by atoms with Gasteiger partial charge in [0.05, 0.1) is 0 Å². The molecule has 2 nitrogen and oxygen atoms in total. The first-order chi connectivity index (χ1) is 12.3. The van der Waals surface area contributed by atoms with Crippen LogP contribution in [0.3, 0.4) is 0 Å². The van der Waals surface area contributed by atoms with Crippen molar-refractivity contribution in [2.75, 3.05) is 13.6 Å². The summed E-state index contributed by atoms with van der Waals surface area (Å²) < 4.78 is 0.477. The molecule has 2 saturated heterocycles. The molecule has 3 heteroatoms. The maximum atomic E-state index is 3.82. The molecule has 3 aliphatic rings. The highest BCUT2D eigenvalue weighted by Crippen LogP contribution is 2.59. The lowest BCUT2D eigenvalue weighted by atomic mass is 9.57. The SMILES string of the molecule is CCC(C)C(C)C(NC)C1C(C)[C@@]2(I)C(C)CC(C)CC2C2CCCN21. The Kier molecular flexibility index (Phi) is 6.72. The summed E-state index contributed by atoms with van der Waals surface area (Å²) in [7, 11) is 2.22. The van der Waals surface area contributed by atoms with Crippen molar-refractivity contribution in [2.24, 2.45) is 35.5 Å². The molecule has 0 amide bonds. The zero-order valence-electron chi connectivity index (χ0n) is 18.3. The number of nitrogens with zero attached hydrogens (tertiary/aromatic N) is 1. The van der Waals surface area contributed by atoms with Crippen LogP contribution in [0.1, 0.15) is 73.6 Å². The minimum absolute atomic E-state index is 0.477. The monoisotopic (exact) mass is 474 g/mol. The molecule has 0 aromatic heterocycles. The van der Waals surface area contributed by atoms with Gasteiger partial charge in [-0.2, -0.15) is 0 Å². The van der Waals surface area contributed by atoms with Gasteiger partial charge in [0.25, 0.3) is 0 Å². The molecular weight excluding hydrogens is 431 g/mol. The second-order valence-electron chi connectivity index (χ2n) is 10.2. The van der Waals surface area contributed by atoms with Crippen LogP contribution in [0.2, 0.25) is 0 Å². The van der Waals surface area contributed by atoms with Gasteiger partial charge in [0, 0.05) is 21.5 Å². The van der Waals surface area contributed by atoms with Crippen LogP contribution in [-0.2, 0) is 0 Å². The number of piperidine rings is 1. The highest BCUT2D eigenvalue weighted by Gasteiger charge is 2.61. The Morgan fingerprint density at radius 2 is 1.88 bits per heavy atom. The first kappa shape index (κ1) is 21.4. The van der Waals surface area contributed by atoms with E-state index in [0.717, 1.165) is 41.5 Å². The highest BCUT2D eigenvalue weighted by atomic mass is 127. The molecule has 10 atom stereocenters. The summed E-state index contributed by atoms with van der Waals surface area (Å²) in [6.45, 7) is 16.3. The van der Waals surface area contributed by atoms with E-state index in [9.17, 15) is 0 Å². The molecule has 0 aromatic rings. The Morgan fingerprint density at radius 3 is 2.50 bits per heavy atom. The summed E-state index contributed by atoms with van der Waals surface area (Å²) >= 11 is 2.97. The highest BCUT2D eigenvalue weighted by molar-refractivity contribution is 14.1. The van der Waals surface area contributed by atoms with Gasteiger partial charge in [0.1, 0.15) is 0 Å². The van der Waals surface area contributed by atoms with Crippen LogP contribution in [0.15, 0.2) is 0 Å². The number of nitrogens with one attached hydrogen (secondary N) is 1. The summed E-state index contributed by atoms with van der Waals surface area (Å²) in [6, 6.07) is 2.14. The summed E-state index contributed by atoms with van der Waals surface area (Å²) in [6.07, 6.45) is 7.01. The van der Waals surface area contributed by atoms with Crippen LogP contribution in [-0.4, -0.2) is 40.0 Å². The molecule has 2 heterocycles. The molecule has 0 radical (unpaired) electrons. The predicted octanol–water partition coefficient (Wildman–Crippen LogP) is 5.60. The van der Waals surface area contributed by atoms with Crippen LogP contribution >= 0.6 is 22.6 Å². The van der Waals surface area contributed by atoms with Gasteiger partial charge < -0.3 is 5.32 Å². The molecule has 3 rings (SSSR count). The van der Waals surface area contributed by atoms with E-state index >= 15 is 0 Å². The summed E-state index contributed by atoms with van der Waals surface area (Å²) in [5.74, 6) is 4.91. The van der Waals surface area contributed by atoms with Gasteiger partial charge in [0.2, 0.25) is 0 Å². The van der Waals surface area contributed by atoms with Gasteiger partial charge in [-0.1, -0.05) is 70.6 Å². The zero-order valence-corrected chi connectivity index (χ0v) is 20.4. The standard InChI is InChI=1S/C23H43IN2/c1-8-15(3)17(5)21(25-7)22-18(6)23(24)16(4)12-14(2)13-19(23)20-10-9-11-26(20)22/h14-22,25H,8-13H2,1-7H3/t14?,15?,16?,17?,18?,19?,20?,21?,22?,23-/m0/s1. The fourth-order valence-electron chi connectivity index (χ4n) is 7.25. The number of hydrogen-bond donors (Lipinski definition) is 1. The third-order valence-electron chi connectivity index (χ3n) is 8.94. The lowest BCUT2D eigenvalue weighted by Crippen LogP contribution is -2.70. The number of rotatable bonds is 5. The average molecular weight is 475 g/mol. The average Bonchev–Trinajstić information content (AvgIpc) is 3.09. The van der Waals surface area contributed by atoms with Crippen LogP contribution in [0, 0.1) is 35.5 Å². The number of halogens is 1. The number of likely N-dealkylation sites (N-methyl/N-ethyl adjacent to an activating group) is 1. The second-order valence-corrected chi connectivity index (χ2v) is 12.1. The lowest BCUT2D eigenvalue weighted by Gasteiger charge is -2.63. The zero-order chi connectivity index (χ0) is 19.2. The molecule has 9 unspecified atom stereocenters. The Morgan fingerprint density at radius 1 is 1.19 bits per heavy atom. The number of hydrogen-bond acceptors (Lipinski definition) is 2. The normalized spacial score (nSPS) is 47.1. The lowest BCUT2D eigenvalue weighted by molar-refractivity contribution is -0.0603. The molecule has 152 valence electrons. The minimum Gasteiger partial charge on any atom is -0.315 e. The van der Waals surface area contributed by atoms with Crippen LogP contribution in [0.4, 0.5) is 0 Å². The Balaban J connectivity index is 1.98. The third kappa shape index (κ3) is 3.30. The molecule has 0 bridgehead atoms. The summed E-state index contributed by atoms with van der Waals surface area (Å²) in [5, 5.41) is 3.82. The summed E-state index contributed by atoms with van der Waals surface area (Å²) in [4.78, 5) is 2.98. The van der Waals surface area contributed by atoms with Crippen molar-refractivity contribution in [3.63, 3.8) is 0 Å². The first-order valence-corrected chi connectivity index (χ1v) is 12.5. The van der Waals surface area contributed by atoms with E-state index in [0.29, 0.717) is 15.5 Å². The molecule has 0 aromatic carbocycles. The van der Waals surface area contributed by atoms with Gasteiger partial charge >= 0.3 is 0 Å². The molecule has 1 aliphatic carbocycles. The van der Waals surface area contributed by atoms with Gasteiger partial charge in [-0.3, -0.25) is 4.90 Å². The van der Waals surface area contributed by atoms with E-state index in [1.807, 2.05) is 0 Å².